The predicted octanol–water partition coefficient (Wildman–Crippen LogP) is 1.70. The molecule has 0 bridgehead atoms. The molecule has 1 saturated heterocycles. The van der Waals surface area contributed by atoms with Gasteiger partial charge in [0.25, 0.3) is 0 Å². The van der Waals surface area contributed by atoms with Crippen LogP contribution in [0.25, 0.3) is 0 Å². The Morgan fingerprint density at radius 1 is 1.37 bits per heavy atom. The molecule has 1 fully saturated rings. The number of rotatable bonds is 9. The molecule has 0 aromatic carbocycles. The molecule has 1 heterocycles. The van der Waals surface area contributed by atoms with E-state index in [-0.39, 0.29) is 18.6 Å². The van der Waals surface area contributed by atoms with Crippen molar-refractivity contribution >= 4 is 5.97 Å². The third-order valence-corrected chi connectivity index (χ3v) is 3.66. The van der Waals surface area contributed by atoms with E-state index in [2.05, 4.69) is 6.92 Å². The van der Waals surface area contributed by atoms with Gasteiger partial charge in [-0.3, -0.25) is 4.79 Å². The van der Waals surface area contributed by atoms with Gasteiger partial charge in [-0.15, -0.1) is 0 Å². The minimum absolute atomic E-state index is 0.0936. The van der Waals surface area contributed by atoms with Crippen LogP contribution >= 0.6 is 0 Å². The Hall–Kier alpha value is -0.650. The molecule has 0 saturated carbocycles. The molecule has 5 heteroatoms. The van der Waals surface area contributed by atoms with Crippen molar-refractivity contribution < 1.29 is 24.9 Å². The average Bonchev–Trinajstić information content (AvgIpc) is 2.71. The maximum Gasteiger partial charge on any atom is 0.303 e. The number of carboxylic acids is 1. The van der Waals surface area contributed by atoms with Crippen LogP contribution in [-0.4, -0.2) is 45.7 Å². The first-order chi connectivity index (χ1) is 9.04. The summed E-state index contributed by atoms with van der Waals surface area (Å²) in [4.78, 5) is 10.4. The molecule has 112 valence electrons. The van der Waals surface area contributed by atoms with E-state index in [1.807, 2.05) is 0 Å². The molecule has 0 aromatic rings. The van der Waals surface area contributed by atoms with Crippen molar-refractivity contribution in [3.63, 3.8) is 0 Å². The third-order valence-electron chi connectivity index (χ3n) is 3.66. The number of hydrogen-bond acceptors (Lipinski definition) is 4. The highest BCUT2D eigenvalue weighted by Gasteiger charge is 2.36. The van der Waals surface area contributed by atoms with Crippen LogP contribution in [0.3, 0.4) is 0 Å². The number of ether oxygens (including phenoxy) is 1. The zero-order chi connectivity index (χ0) is 14.3. The fourth-order valence-electron chi connectivity index (χ4n) is 2.51. The van der Waals surface area contributed by atoms with Crippen molar-refractivity contribution in [1.82, 2.24) is 0 Å². The van der Waals surface area contributed by atoms with E-state index in [0.717, 1.165) is 19.3 Å². The summed E-state index contributed by atoms with van der Waals surface area (Å²) in [6, 6.07) is 0. The van der Waals surface area contributed by atoms with Crippen molar-refractivity contribution in [1.29, 1.82) is 0 Å². The van der Waals surface area contributed by atoms with Crippen molar-refractivity contribution in [2.24, 2.45) is 0 Å². The Bertz CT molecular complexity index is 269. The van der Waals surface area contributed by atoms with Crippen LogP contribution in [0.4, 0.5) is 0 Å². The lowest BCUT2D eigenvalue weighted by Gasteiger charge is -2.18. The first-order valence-electron chi connectivity index (χ1n) is 7.28. The third kappa shape index (κ3) is 5.89. The first-order valence-corrected chi connectivity index (χ1v) is 7.28. The van der Waals surface area contributed by atoms with Gasteiger partial charge >= 0.3 is 5.97 Å². The van der Waals surface area contributed by atoms with Gasteiger partial charge in [-0.05, 0) is 19.3 Å². The lowest BCUT2D eigenvalue weighted by molar-refractivity contribution is -0.137. The number of carbonyl (C=O) groups is 1. The van der Waals surface area contributed by atoms with E-state index in [1.54, 1.807) is 0 Å². The second-order valence-electron chi connectivity index (χ2n) is 5.37. The van der Waals surface area contributed by atoms with Gasteiger partial charge in [0.05, 0.1) is 24.4 Å². The van der Waals surface area contributed by atoms with Crippen LogP contribution in [0.15, 0.2) is 0 Å². The number of aliphatic hydroxyl groups excluding tert-OH is 2. The molecule has 0 amide bonds. The van der Waals surface area contributed by atoms with E-state index in [0.29, 0.717) is 25.7 Å². The SMILES string of the molecule is CCCCC[C@@H](O)[C@H]1CC(O)[C@@H](CCCC(=O)O)O1. The van der Waals surface area contributed by atoms with Crippen LogP contribution < -0.4 is 0 Å². The summed E-state index contributed by atoms with van der Waals surface area (Å²) in [5, 5.41) is 28.4. The van der Waals surface area contributed by atoms with Gasteiger partial charge in [0.15, 0.2) is 0 Å². The number of unbranched alkanes of at least 4 members (excludes halogenated alkanes) is 2. The Morgan fingerprint density at radius 2 is 2.11 bits per heavy atom. The van der Waals surface area contributed by atoms with Crippen LogP contribution in [0.2, 0.25) is 0 Å². The zero-order valence-electron chi connectivity index (χ0n) is 11.6. The lowest BCUT2D eigenvalue weighted by Crippen LogP contribution is -2.26. The van der Waals surface area contributed by atoms with Gasteiger partial charge in [0.1, 0.15) is 0 Å². The predicted molar refractivity (Wildman–Crippen MR) is 70.9 cm³/mol. The van der Waals surface area contributed by atoms with E-state index >= 15 is 0 Å². The molecule has 3 N–H and O–H groups in total. The smallest absolute Gasteiger partial charge is 0.303 e. The molecule has 4 atom stereocenters. The van der Waals surface area contributed by atoms with Gasteiger partial charge in [-0.25, -0.2) is 0 Å². The summed E-state index contributed by atoms with van der Waals surface area (Å²) in [6.45, 7) is 2.11. The Labute approximate surface area is 114 Å². The normalized spacial score (nSPS) is 28.5. The van der Waals surface area contributed by atoms with Crippen molar-refractivity contribution in [2.45, 2.75) is 82.7 Å². The summed E-state index contributed by atoms with van der Waals surface area (Å²) in [6.07, 6.45) is 3.71. The summed E-state index contributed by atoms with van der Waals surface area (Å²) in [5.41, 5.74) is 0. The van der Waals surface area contributed by atoms with E-state index < -0.39 is 18.2 Å². The summed E-state index contributed by atoms with van der Waals surface area (Å²) in [5.74, 6) is -0.830. The molecular weight excluding hydrogens is 248 g/mol. The molecule has 0 spiro atoms. The summed E-state index contributed by atoms with van der Waals surface area (Å²) >= 11 is 0. The molecule has 0 aliphatic carbocycles. The Kier molecular flexibility index (Phi) is 7.34. The minimum Gasteiger partial charge on any atom is -0.481 e. The molecule has 0 aromatic heterocycles. The van der Waals surface area contributed by atoms with Crippen LogP contribution in [0, 0.1) is 0 Å². The highest BCUT2D eigenvalue weighted by molar-refractivity contribution is 5.66. The van der Waals surface area contributed by atoms with Crippen LogP contribution in [0.5, 0.6) is 0 Å². The molecule has 1 unspecified atom stereocenters. The fraction of sp³-hybridized carbons (Fsp3) is 0.929. The maximum absolute atomic E-state index is 10.4. The molecule has 1 aliphatic heterocycles. The summed E-state index contributed by atoms with van der Waals surface area (Å²) in [7, 11) is 0. The molecule has 19 heavy (non-hydrogen) atoms. The van der Waals surface area contributed by atoms with E-state index in [9.17, 15) is 15.0 Å². The van der Waals surface area contributed by atoms with Crippen molar-refractivity contribution in [2.75, 3.05) is 0 Å². The van der Waals surface area contributed by atoms with E-state index in [1.165, 1.54) is 0 Å². The Morgan fingerprint density at radius 3 is 2.74 bits per heavy atom. The monoisotopic (exact) mass is 274 g/mol. The number of hydrogen-bond donors (Lipinski definition) is 3. The highest BCUT2D eigenvalue weighted by atomic mass is 16.5. The Balaban J connectivity index is 2.26. The van der Waals surface area contributed by atoms with Crippen molar-refractivity contribution in [3.8, 4) is 0 Å². The topological polar surface area (TPSA) is 87.0 Å². The van der Waals surface area contributed by atoms with Gasteiger partial charge < -0.3 is 20.1 Å². The molecule has 0 radical (unpaired) electrons. The minimum atomic E-state index is -0.830. The second-order valence-corrected chi connectivity index (χ2v) is 5.37. The molecule has 1 aliphatic rings. The first kappa shape index (κ1) is 16.4. The number of carboxylic acid groups (broad SMARTS) is 1. The largest absolute Gasteiger partial charge is 0.481 e. The molecule has 1 rings (SSSR count). The van der Waals surface area contributed by atoms with E-state index in [4.69, 9.17) is 9.84 Å². The maximum atomic E-state index is 10.4. The molecule has 5 nitrogen and oxygen atoms in total. The van der Waals surface area contributed by atoms with Gasteiger partial charge in [-0.2, -0.15) is 0 Å². The second kappa shape index (κ2) is 8.51. The number of aliphatic hydroxyl groups is 2. The van der Waals surface area contributed by atoms with Crippen molar-refractivity contribution in [3.05, 3.63) is 0 Å². The quantitative estimate of drug-likeness (QED) is 0.557. The summed E-state index contributed by atoms with van der Waals surface area (Å²) < 4.78 is 5.66. The zero-order valence-corrected chi connectivity index (χ0v) is 11.6. The van der Waals surface area contributed by atoms with Crippen LogP contribution in [0.1, 0.15) is 58.3 Å². The fourth-order valence-corrected chi connectivity index (χ4v) is 2.51. The van der Waals surface area contributed by atoms with Gasteiger partial charge in [-0.1, -0.05) is 26.2 Å². The number of aliphatic carboxylic acids is 1. The average molecular weight is 274 g/mol. The standard InChI is InChI=1S/C14H26O5/c1-2-3-4-6-10(15)13-9-11(16)12(19-13)7-5-8-14(17)18/h10-13,15-16H,2-9H2,1H3,(H,17,18)/t10-,11?,12-,13-/m1/s1. The van der Waals surface area contributed by atoms with Gasteiger partial charge in [0.2, 0.25) is 0 Å². The van der Waals surface area contributed by atoms with Crippen LogP contribution in [-0.2, 0) is 9.53 Å². The molecular formula is C14H26O5. The van der Waals surface area contributed by atoms with Gasteiger partial charge in [0, 0.05) is 12.8 Å². The highest BCUT2D eigenvalue weighted by Crippen LogP contribution is 2.28. The lowest BCUT2D eigenvalue weighted by atomic mass is 10.0.